The molecular weight excluding hydrogens is 285 g/mol. The molecule has 0 bridgehead atoms. The van der Waals surface area contributed by atoms with Crippen LogP contribution in [-0.2, 0) is 4.79 Å². The number of nitrogens with one attached hydrogen (secondary N) is 1. The second kappa shape index (κ2) is 8.28. The number of amides is 1. The first-order valence-corrected chi connectivity index (χ1v) is 7.33. The van der Waals surface area contributed by atoms with E-state index in [2.05, 4.69) is 5.32 Å². The van der Waals surface area contributed by atoms with E-state index in [1.54, 1.807) is 0 Å². The van der Waals surface area contributed by atoms with Crippen molar-refractivity contribution in [1.29, 1.82) is 0 Å². The first kappa shape index (κ1) is 16.1. The van der Waals surface area contributed by atoms with Crippen molar-refractivity contribution >= 4 is 29.1 Å². The highest BCUT2D eigenvalue weighted by Crippen LogP contribution is 2.15. The van der Waals surface area contributed by atoms with Crippen molar-refractivity contribution in [2.24, 2.45) is 0 Å². The van der Waals surface area contributed by atoms with Crippen LogP contribution in [0, 0.1) is 0 Å². The Labute approximate surface area is 124 Å². The Morgan fingerprint density at radius 3 is 2.42 bits per heavy atom. The summed E-state index contributed by atoms with van der Waals surface area (Å²) < 4.78 is 5.47. The number of hydrogen-bond donors (Lipinski definition) is 1. The minimum atomic E-state index is -0.521. The molecular formula is C14H19Cl2NO2. The summed E-state index contributed by atoms with van der Waals surface area (Å²) in [6, 6.07) is 9.39. The summed E-state index contributed by atoms with van der Waals surface area (Å²) in [5.74, 6) is 1.27. The first-order valence-electron chi connectivity index (χ1n) is 6.26. The quantitative estimate of drug-likeness (QED) is 0.749. The van der Waals surface area contributed by atoms with Gasteiger partial charge in [0.1, 0.15) is 5.75 Å². The molecule has 0 aliphatic rings. The maximum atomic E-state index is 11.8. The van der Waals surface area contributed by atoms with Crippen molar-refractivity contribution in [2.75, 3.05) is 18.4 Å². The number of carbonyl (C=O) groups is 1. The van der Waals surface area contributed by atoms with Gasteiger partial charge in [0.2, 0.25) is 5.91 Å². The third-order valence-electron chi connectivity index (χ3n) is 2.93. The molecule has 0 aromatic heterocycles. The molecule has 19 heavy (non-hydrogen) atoms. The number of hydrogen-bond acceptors (Lipinski definition) is 2. The number of carbonyl (C=O) groups excluding carboxylic acids is 1. The molecule has 0 radical (unpaired) electrons. The van der Waals surface area contributed by atoms with Crippen molar-refractivity contribution in [3.63, 3.8) is 0 Å². The van der Waals surface area contributed by atoms with Crippen molar-refractivity contribution in [1.82, 2.24) is 5.32 Å². The van der Waals surface area contributed by atoms with E-state index in [-0.39, 0.29) is 12.3 Å². The third-order valence-corrected chi connectivity index (χ3v) is 3.96. The van der Waals surface area contributed by atoms with E-state index in [9.17, 15) is 4.79 Å². The van der Waals surface area contributed by atoms with E-state index in [0.29, 0.717) is 24.8 Å². The van der Waals surface area contributed by atoms with E-state index < -0.39 is 5.54 Å². The van der Waals surface area contributed by atoms with Crippen LogP contribution >= 0.6 is 23.2 Å². The van der Waals surface area contributed by atoms with E-state index in [1.165, 1.54) is 0 Å². The molecule has 0 spiro atoms. The van der Waals surface area contributed by atoms with Gasteiger partial charge in [0.25, 0.3) is 0 Å². The van der Waals surface area contributed by atoms with Crippen molar-refractivity contribution < 1.29 is 9.53 Å². The number of para-hydroxylation sites is 1. The summed E-state index contributed by atoms with van der Waals surface area (Å²) in [4.78, 5) is 11.8. The molecule has 1 rings (SSSR count). The second-order valence-corrected chi connectivity index (χ2v) is 4.90. The van der Waals surface area contributed by atoms with Crippen LogP contribution in [0.4, 0.5) is 0 Å². The Bertz CT molecular complexity index is 372. The Kier molecular flexibility index (Phi) is 7.03. The lowest BCUT2D eigenvalue weighted by Crippen LogP contribution is -2.51. The molecule has 0 heterocycles. The molecule has 0 aliphatic heterocycles. The molecule has 1 aromatic carbocycles. The number of alkyl halides is 2. The van der Waals surface area contributed by atoms with Crippen LogP contribution in [0.25, 0.3) is 0 Å². The molecule has 0 aliphatic carbocycles. The zero-order chi connectivity index (χ0) is 14.1. The SMILES string of the molecule is CCC(CCl)(CCl)NC(=O)CCOc1ccccc1. The van der Waals surface area contributed by atoms with Gasteiger partial charge in [0, 0.05) is 11.8 Å². The number of benzene rings is 1. The molecule has 5 heteroatoms. The fourth-order valence-corrected chi connectivity index (χ4v) is 2.31. The fraction of sp³-hybridized carbons (Fsp3) is 0.500. The van der Waals surface area contributed by atoms with Crippen LogP contribution in [0.1, 0.15) is 19.8 Å². The molecule has 0 atom stereocenters. The lowest BCUT2D eigenvalue weighted by atomic mass is 10.0. The zero-order valence-electron chi connectivity index (χ0n) is 11.0. The Morgan fingerprint density at radius 2 is 1.89 bits per heavy atom. The lowest BCUT2D eigenvalue weighted by Gasteiger charge is -2.29. The zero-order valence-corrected chi connectivity index (χ0v) is 12.5. The van der Waals surface area contributed by atoms with Crippen LogP contribution in [0.2, 0.25) is 0 Å². The normalized spacial score (nSPS) is 11.1. The van der Waals surface area contributed by atoms with Gasteiger partial charge in [-0.3, -0.25) is 4.79 Å². The summed E-state index contributed by atoms with van der Waals surface area (Å²) in [6.45, 7) is 2.28. The smallest absolute Gasteiger partial charge is 0.223 e. The minimum Gasteiger partial charge on any atom is -0.493 e. The molecule has 1 N–H and O–H groups in total. The summed E-state index contributed by atoms with van der Waals surface area (Å²) in [6.07, 6.45) is 0.982. The van der Waals surface area contributed by atoms with Crippen LogP contribution in [0.5, 0.6) is 5.75 Å². The predicted molar refractivity (Wildman–Crippen MR) is 79.2 cm³/mol. The molecule has 1 amide bonds. The summed E-state index contributed by atoms with van der Waals surface area (Å²) in [5.41, 5.74) is -0.521. The standard InChI is InChI=1S/C14H19Cl2NO2/c1-2-14(10-15,11-16)17-13(18)8-9-19-12-6-4-3-5-7-12/h3-7H,2,8-11H2,1H3,(H,17,18). The summed E-state index contributed by atoms with van der Waals surface area (Å²) in [7, 11) is 0. The average Bonchev–Trinajstić information content (AvgIpc) is 2.46. The molecule has 0 fully saturated rings. The van der Waals surface area contributed by atoms with Gasteiger partial charge in [-0.25, -0.2) is 0 Å². The molecule has 3 nitrogen and oxygen atoms in total. The van der Waals surface area contributed by atoms with Gasteiger partial charge in [-0.1, -0.05) is 25.1 Å². The largest absolute Gasteiger partial charge is 0.493 e. The Balaban J connectivity index is 2.35. The van der Waals surface area contributed by atoms with E-state index in [0.717, 1.165) is 5.75 Å². The topological polar surface area (TPSA) is 38.3 Å². The number of ether oxygens (including phenoxy) is 1. The van der Waals surface area contributed by atoms with Gasteiger partial charge in [-0.2, -0.15) is 0 Å². The maximum absolute atomic E-state index is 11.8. The average molecular weight is 304 g/mol. The highest BCUT2D eigenvalue weighted by Gasteiger charge is 2.27. The molecule has 1 aromatic rings. The van der Waals surface area contributed by atoms with Gasteiger partial charge in [0.15, 0.2) is 0 Å². The third kappa shape index (κ3) is 5.29. The molecule has 0 unspecified atom stereocenters. The van der Waals surface area contributed by atoms with Gasteiger partial charge in [-0.15, -0.1) is 23.2 Å². The van der Waals surface area contributed by atoms with Gasteiger partial charge in [-0.05, 0) is 18.6 Å². The predicted octanol–water partition coefficient (Wildman–Crippen LogP) is 3.20. The maximum Gasteiger partial charge on any atom is 0.223 e. The Hall–Kier alpha value is -0.930. The van der Waals surface area contributed by atoms with Crippen LogP contribution in [0.3, 0.4) is 0 Å². The number of rotatable bonds is 8. The van der Waals surface area contributed by atoms with Crippen LogP contribution in [-0.4, -0.2) is 29.8 Å². The van der Waals surface area contributed by atoms with Crippen LogP contribution < -0.4 is 10.1 Å². The van der Waals surface area contributed by atoms with Gasteiger partial charge >= 0.3 is 0 Å². The lowest BCUT2D eigenvalue weighted by molar-refractivity contribution is -0.123. The molecule has 106 valence electrons. The van der Waals surface area contributed by atoms with E-state index >= 15 is 0 Å². The fourth-order valence-electron chi connectivity index (χ4n) is 1.52. The second-order valence-electron chi connectivity index (χ2n) is 4.36. The monoisotopic (exact) mass is 303 g/mol. The van der Waals surface area contributed by atoms with Gasteiger partial charge in [0.05, 0.1) is 18.6 Å². The molecule has 0 saturated heterocycles. The highest BCUT2D eigenvalue weighted by molar-refractivity contribution is 6.22. The van der Waals surface area contributed by atoms with E-state index in [4.69, 9.17) is 27.9 Å². The van der Waals surface area contributed by atoms with Crippen LogP contribution in [0.15, 0.2) is 30.3 Å². The minimum absolute atomic E-state index is 0.0981. The highest BCUT2D eigenvalue weighted by atomic mass is 35.5. The number of halogens is 2. The Morgan fingerprint density at radius 1 is 1.26 bits per heavy atom. The van der Waals surface area contributed by atoms with Crippen molar-refractivity contribution in [3.05, 3.63) is 30.3 Å². The summed E-state index contributed by atoms with van der Waals surface area (Å²) >= 11 is 11.7. The van der Waals surface area contributed by atoms with Crippen molar-refractivity contribution in [3.8, 4) is 5.75 Å². The van der Waals surface area contributed by atoms with Crippen molar-refractivity contribution in [2.45, 2.75) is 25.3 Å². The molecule has 0 saturated carbocycles. The van der Waals surface area contributed by atoms with Gasteiger partial charge < -0.3 is 10.1 Å². The first-order chi connectivity index (χ1) is 9.15. The van der Waals surface area contributed by atoms with E-state index in [1.807, 2.05) is 37.3 Å². The summed E-state index contributed by atoms with van der Waals surface area (Å²) in [5, 5.41) is 2.88.